The first-order chi connectivity index (χ1) is 12.7. The molecule has 1 unspecified atom stereocenters. The Balaban J connectivity index is 1.91. The van der Waals surface area contributed by atoms with E-state index in [0.29, 0.717) is 19.0 Å². The maximum Gasteiger partial charge on any atom is 0.191 e. The summed E-state index contributed by atoms with van der Waals surface area (Å²) in [5.41, 5.74) is 0. The Morgan fingerprint density at radius 3 is 2.69 bits per heavy atom. The van der Waals surface area contributed by atoms with Crippen molar-refractivity contribution in [3.8, 4) is 11.5 Å². The van der Waals surface area contributed by atoms with Crippen LogP contribution in [0.3, 0.4) is 0 Å². The fraction of sp³-hybridized carbons (Fsp3) is 0.500. The lowest BCUT2D eigenvalue weighted by Crippen LogP contribution is -2.41. The number of hydrogen-bond acceptors (Lipinski definition) is 5. The molecule has 8 nitrogen and oxygen atoms in total. The van der Waals surface area contributed by atoms with Crippen molar-refractivity contribution >= 4 is 5.96 Å². The van der Waals surface area contributed by atoms with E-state index in [1.807, 2.05) is 42.7 Å². The Kier molecular flexibility index (Phi) is 7.73. The zero-order valence-corrected chi connectivity index (χ0v) is 15.9. The van der Waals surface area contributed by atoms with Gasteiger partial charge in [0.05, 0.1) is 13.7 Å². The molecule has 0 radical (unpaired) electrons. The number of guanidine groups is 1. The molecule has 1 atom stereocenters. The number of benzene rings is 1. The van der Waals surface area contributed by atoms with E-state index < -0.39 is 0 Å². The standard InChI is InChI=1S/C18H28N6O2/c1-5-19-18(21-12-17-23-22-13-24(17)6-2)20-11-14(3)26-16-10-8-7-9-15(16)25-4/h7-10,13-14H,5-6,11-12H2,1-4H3,(H2,19,20,21). The summed E-state index contributed by atoms with van der Waals surface area (Å²) in [6.07, 6.45) is 1.66. The Morgan fingerprint density at radius 2 is 2.00 bits per heavy atom. The minimum atomic E-state index is -0.0607. The Morgan fingerprint density at radius 1 is 1.23 bits per heavy atom. The van der Waals surface area contributed by atoms with Gasteiger partial charge in [-0.2, -0.15) is 0 Å². The van der Waals surface area contributed by atoms with Crippen LogP contribution < -0.4 is 20.1 Å². The van der Waals surface area contributed by atoms with Crippen LogP contribution in [0.25, 0.3) is 0 Å². The molecule has 0 aliphatic heterocycles. The first-order valence-electron chi connectivity index (χ1n) is 8.86. The van der Waals surface area contributed by atoms with Crippen molar-refractivity contribution in [3.05, 3.63) is 36.4 Å². The van der Waals surface area contributed by atoms with E-state index in [0.717, 1.165) is 30.4 Å². The molecule has 0 spiro atoms. The highest BCUT2D eigenvalue weighted by Gasteiger charge is 2.10. The average molecular weight is 360 g/mol. The minimum absolute atomic E-state index is 0.0607. The third-order valence-corrected chi connectivity index (χ3v) is 3.71. The maximum absolute atomic E-state index is 5.96. The highest BCUT2D eigenvalue weighted by atomic mass is 16.5. The third-order valence-electron chi connectivity index (χ3n) is 3.71. The number of aromatic nitrogens is 3. The average Bonchev–Trinajstić information content (AvgIpc) is 3.12. The molecule has 0 fully saturated rings. The SMILES string of the molecule is CCNC(=NCc1nncn1CC)NCC(C)Oc1ccccc1OC. The van der Waals surface area contributed by atoms with Crippen molar-refractivity contribution in [2.75, 3.05) is 20.2 Å². The van der Waals surface area contributed by atoms with E-state index >= 15 is 0 Å². The van der Waals surface area contributed by atoms with Crippen LogP contribution in [0.15, 0.2) is 35.6 Å². The molecule has 1 aromatic heterocycles. The molecule has 2 aromatic rings. The predicted octanol–water partition coefficient (Wildman–Crippen LogP) is 1.83. The molecule has 1 aromatic carbocycles. The van der Waals surface area contributed by atoms with Gasteiger partial charge in [-0.05, 0) is 32.9 Å². The van der Waals surface area contributed by atoms with E-state index in [2.05, 4.69) is 32.7 Å². The highest BCUT2D eigenvalue weighted by Crippen LogP contribution is 2.26. The molecule has 0 saturated carbocycles. The van der Waals surface area contributed by atoms with Crippen LogP contribution >= 0.6 is 0 Å². The van der Waals surface area contributed by atoms with E-state index in [1.54, 1.807) is 13.4 Å². The normalized spacial score (nSPS) is 12.5. The fourth-order valence-corrected chi connectivity index (χ4v) is 2.37. The topological polar surface area (TPSA) is 85.6 Å². The van der Waals surface area contributed by atoms with Gasteiger partial charge in [-0.15, -0.1) is 10.2 Å². The molecular formula is C18H28N6O2. The second-order valence-electron chi connectivity index (χ2n) is 5.69. The number of aliphatic imine (C=N–C) groups is 1. The van der Waals surface area contributed by atoms with Gasteiger partial charge in [0.15, 0.2) is 23.3 Å². The van der Waals surface area contributed by atoms with Crippen LogP contribution in [0.4, 0.5) is 0 Å². The molecule has 8 heteroatoms. The van der Waals surface area contributed by atoms with Crippen LogP contribution in [0.1, 0.15) is 26.6 Å². The molecule has 0 bridgehead atoms. The summed E-state index contributed by atoms with van der Waals surface area (Å²) in [6.45, 7) is 8.74. The quantitative estimate of drug-likeness (QED) is 0.524. The zero-order chi connectivity index (χ0) is 18.8. The van der Waals surface area contributed by atoms with Crippen LogP contribution in [-0.2, 0) is 13.1 Å². The Hall–Kier alpha value is -2.77. The first-order valence-corrected chi connectivity index (χ1v) is 8.86. The lowest BCUT2D eigenvalue weighted by atomic mass is 10.3. The Labute approximate surface area is 154 Å². The molecule has 142 valence electrons. The van der Waals surface area contributed by atoms with Gasteiger partial charge in [0, 0.05) is 13.1 Å². The molecule has 0 aliphatic rings. The van der Waals surface area contributed by atoms with Gasteiger partial charge < -0.3 is 24.7 Å². The minimum Gasteiger partial charge on any atom is -0.493 e. The number of methoxy groups -OCH3 is 1. The molecule has 0 amide bonds. The lowest BCUT2D eigenvalue weighted by Gasteiger charge is -2.19. The van der Waals surface area contributed by atoms with Crippen molar-refractivity contribution in [1.29, 1.82) is 0 Å². The number of rotatable bonds is 9. The third kappa shape index (κ3) is 5.65. The fourth-order valence-electron chi connectivity index (χ4n) is 2.37. The van der Waals surface area contributed by atoms with E-state index in [-0.39, 0.29) is 6.10 Å². The number of hydrogen-bond donors (Lipinski definition) is 2. The largest absolute Gasteiger partial charge is 0.493 e. The number of nitrogens with one attached hydrogen (secondary N) is 2. The summed E-state index contributed by atoms with van der Waals surface area (Å²) in [6, 6.07) is 7.62. The molecular weight excluding hydrogens is 332 g/mol. The first kappa shape index (κ1) is 19.6. The van der Waals surface area contributed by atoms with Gasteiger partial charge in [-0.3, -0.25) is 0 Å². The molecule has 26 heavy (non-hydrogen) atoms. The summed E-state index contributed by atoms with van der Waals surface area (Å²) < 4.78 is 13.2. The second kappa shape index (κ2) is 10.3. The smallest absolute Gasteiger partial charge is 0.191 e. The van der Waals surface area contributed by atoms with Gasteiger partial charge in [0.2, 0.25) is 0 Å². The van der Waals surface area contributed by atoms with E-state index in [9.17, 15) is 0 Å². The molecule has 0 aliphatic carbocycles. The Bertz CT molecular complexity index is 700. The number of para-hydroxylation sites is 2. The van der Waals surface area contributed by atoms with Gasteiger partial charge in [-0.25, -0.2) is 4.99 Å². The van der Waals surface area contributed by atoms with Crippen molar-refractivity contribution in [2.24, 2.45) is 4.99 Å². The summed E-state index contributed by atoms with van der Waals surface area (Å²) >= 11 is 0. The van der Waals surface area contributed by atoms with Gasteiger partial charge in [0.1, 0.15) is 19.0 Å². The highest BCUT2D eigenvalue weighted by molar-refractivity contribution is 5.79. The molecule has 1 heterocycles. The van der Waals surface area contributed by atoms with Crippen molar-refractivity contribution < 1.29 is 9.47 Å². The van der Waals surface area contributed by atoms with Crippen LogP contribution in [0.5, 0.6) is 11.5 Å². The zero-order valence-electron chi connectivity index (χ0n) is 15.9. The molecule has 0 saturated heterocycles. The predicted molar refractivity (Wildman–Crippen MR) is 102 cm³/mol. The van der Waals surface area contributed by atoms with Crippen molar-refractivity contribution in [1.82, 2.24) is 25.4 Å². The summed E-state index contributed by atoms with van der Waals surface area (Å²) in [5.74, 6) is 3.00. The van der Waals surface area contributed by atoms with Crippen molar-refractivity contribution in [3.63, 3.8) is 0 Å². The van der Waals surface area contributed by atoms with E-state index in [1.165, 1.54) is 0 Å². The van der Waals surface area contributed by atoms with Gasteiger partial charge >= 0.3 is 0 Å². The lowest BCUT2D eigenvalue weighted by molar-refractivity contribution is 0.213. The van der Waals surface area contributed by atoms with Crippen molar-refractivity contribution in [2.45, 2.75) is 40.0 Å². The summed E-state index contributed by atoms with van der Waals surface area (Å²) in [5, 5.41) is 14.5. The van der Waals surface area contributed by atoms with E-state index in [4.69, 9.17) is 9.47 Å². The van der Waals surface area contributed by atoms with Crippen LogP contribution in [-0.4, -0.2) is 47.0 Å². The number of ether oxygens (including phenoxy) is 2. The van der Waals surface area contributed by atoms with Crippen LogP contribution in [0, 0.1) is 0 Å². The summed E-state index contributed by atoms with van der Waals surface area (Å²) in [4.78, 5) is 4.57. The molecule has 2 rings (SSSR count). The number of aryl methyl sites for hydroxylation is 1. The van der Waals surface area contributed by atoms with Crippen LogP contribution in [0.2, 0.25) is 0 Å². The summed E-state index contributed by atoms with van der Waals surface area (Å²) in [7, 11) is 1.64. The maximum atomic E-state index is 5.96. The second-order valence-corrected chi connectivity index (χ2v) is 5.69. The van der Waals surface area contributed by atoms with Gasteiger partial charge in [-0.1, -0.05) is 12.1 Å². The van der Waals surface area contributed by atoms with Gasteiger partial charge in [0.25, 0.3) is 0 Å². The number of nitrogens with zero attached hydrogens (tertiary/aromatic N) is 4. The monoisotopic (exact) mass is 360 g/mol. The molecule has 2 N–H and O–H groups in total.